The number of nitrogens with one attached hydrogen (secondary N) is 1. The SMILES string of the molecule is CNCc1ccc(-c2ccc3ccccc3n2)c(F)c1. The first-order chi connectivity index (χ1) is 9.78. The highest BCUT2D eigenvalue weighted by atomic mass is 19.1. The largest absolute Gasteiger partial charge is 0.316 e. The van der Waals surface area contributed by atoms with Crippen molar-refractivity contribution in [2.24, 2.45) is 0 Å². The second-order valence-corrected chi connectivity index (χ2v) is 4.73. The molecule has 0 aliphatic rings. The number of nitrogens with zero attached hydrogens (tertiary/aromatic N) is 1. The van der Waals surface area contributed by atoms with Gasteiger partial charge >= 0.3 is 0 Å². The summed E-state index contributed by atoms with van der Waals surface area (Å²) in [7, 11) is 1.84. The van der Waals surface area contributed by atoms with Crippen LogP contribution in [0.3, 0.4) is 0 Å². The number of hydrogen-bond acceptors (Lipinski definition) is 2. The number of benzene rings is 2. The monoisotopic (exact) mass is 266 g/mol. The molecule has 3 rings (SSSR count). The van der Waals surface area contributed by atoms with Crippen molar-refractivity contribution >= 4 is 10.9 Å². The molecule has 0 atom stereocenters. The van der Waals surface area contributed by atoms with E-state index in [-0.39, 0.29) is 5.82 Å². The summed E-state index contributed by atoms with van der Waals surface area (Å²) in [6.45, 7) is 0.655. The minimum atomic E-state index is -0.236. The molecule has 1 N–H and O–H groups in total. The fraction of sp³-hybridized carbons (Fsp3) is 0.118. The first kappa shape index (κ1) is 12.8. The Hall–Kier alpha value is -2.26. The van der Waals surface area contributed by atoms with Gasteiger partial charge < -0.3 is 5.32 Å². The summed E-state index contributed by atoms with van der Waals surface area (Å²) in [4.78, 5) is 4.53. The molecule has 0 bridgehead atoms. The molecule has 1 aromatic heterocycles. The van der Waals surface area contributed by atoms with Gasteiger partial charge in [-0.15, -0.1) is 0 Å². The van der Waals surface area contributed by atoms with Gasteiger partial charge in [-0.3, -0.25) is 0 Å². The van der Waals surface area contributed by atoms with Crippen molar-refractivity contribution in [3.63, 3.8) is 0 Å². The Morgan fingerprint density at radius 2 is 1.90 bits per heavy atom. The standard InChI is InChI=1S/C17H15FN2/c1-19-11-12-6-8-14(15(18)10-12)17-9-7-13-4-2-3-5-16(13)20-17/h2-10,19H,11H2,1H3. The number of para-hydroxylation sites is 1. The molecule has 3 aromatic rings. The molecule has 0 saturated carbocycles. The molecular formula is C17H15FN2. The quantitative estimate of drug-likeness (QED) is 0.780. The lowest BCUT2D eigenvalue weighted by molar-refractivity contribution is 0.627. The van der Waals surface area contributed by atoms with E-state index in [4.69, 9.17) is 0 Å². The first-order valence-electron chi connectivity index (χ1n) is 6.57. The highest BCUT2D eigenvalue weighted by molar-refractivity contribution is 5.81. The van der Waals surface area contributed by atoms with Crippen molar-refractivity contribution < 1.29 is 4.39 Å². The maximum absolute atomic E-state index is 14.2. The Balaban J connectivity index is 2.06. The van der Waals surface area contributed by atoms with E-state index in [1.165, 1.54) is 0 Å². The summed E-state index contributed by atoms with van der Waals surface area (Å²) < 4.78 is 14.2. The summed E-state index contributed by atoms with van der Waals surface area (Å²) in [6.07, 6.45) is 0. The van der Waals surface area contributed by atoms with Crippen molar-refractivity contribution in [2.45, 2.75) is 6.54 Å². The lowest BCUT2D eigenvalue weighted by Gasteiger charge is -2.07. The Bertz CT molecular complexity index is 753. The molecule has 0 fully saturated rings. The molecule has 0 unspecified atom stereocenters. The molecule has 0 saturated heterocycles. The molecular weight excluding hydrogens is 251 g/mol. The van der Waals surface area contributed by atoms with Crippen molar-refractivity contribution in [1.82, 2.24) is 10.3 Å². The summed E-state index contributed by atoms with van der Waals surface area (Å²) in [5.41, 5.74) is 3.01. The van der Waals surface area contributed by atoms with Crippen LogP contribution >= 0.6 is 0 Å². The number of aromatic nitrogens is 1. The van der Waals surface area contributed by atoms with Crippen molar-refractivity contribution in [3.8, 4) is 11.3 Å². The smallest absolute Gasteiger partial charge is 0.132 e. The molecule has 0 amide bonds. The van der Waals surface area contributed by atoms with Gasteiger partial charge in [0, 0.05) is 17.5 Å². The van der Waals surface area contributed by atoms with Crippen LogP contribution in [0, 0.1) is 5.82 Å². The summed E-state index contributed by atoms with van der Waals surface area (Å²) in [5, 5.41) is 4.07. The van der Waals surface area contributed by atoms with Gasteiger partial charge in [0.15, 0.2) is 0 Å². The van der Waals surface area contributed by atoms with Crippen LogP contribution in [-0.2, 0) is 6.54 Å². The normalized spacial score (nSPS) is 10.9. The summed E-state index contributed by atoms with van der Waals surface area (Å²) in [5.74, 6) is -0.236. The van der Waals surface area contributed by atoms with Crippen LogP contribution in [0.25, 0.3) is 22.2 Å². The molecule has 2 nitrogen and oxygen atoms in total. The number of rotatable bonds is 3. The van der Waals surface area contributed by atoms with Crippen molar-refractivity contribution in [1.29, 1.82) is 0 Å². The zero-order valence-corrected chi connectivity index (χ0v) is 11.2. The molecule has 20 heavy (non-hydrogen) atoms. The molecule has 2 aromatic carbocycles. The fourth-order valence-electron chi connectivity index (χ4n) is 2.30. The third-order valence-corrected chi connectivity index (χ3v) is 3.29. The lowest BCUT2D eigenvalue weighted by Crippen LogP contribution is -2.05. The molecule has 1 heterocycles. The number of pyridine rings is 1. The van der Waals surface area contributed by atoms with E-state index in [2.05, 4.69) is 10.3 Å². The molecule has 0 aliphatic carbocycles. The predicted molar refractivity (Wildman–Crippen MR) is 79.9 cm³/mol. The van der Waals surface area contributed by atoms with Gasteiger partial charge in [-0.2, -0.15) is 0 Å². The lowest BCUT2D eigenvalue weighted by atomic mass is 10.1. The minimum absolute atomic E-state index is 0.236. The molecule has 3 heteroatoms. The van der Waals surface area contributed by atoms with Gasteiger partial charge in [-0.25, -0.2) is 9.37 Å². The van der Waals surface area contributed by atoms with Crippen molar-refractivity contribution in [2.75, 3.05) is 7.05 Å². The van der Waals surface area contributed by atoms with Gasteiger partial charge in [-0.1, -0.05) is 30.3 Å². The van der Waals surface area contributed by atoms with Crippen LogP contribution in [-0.4, -0.2) is 12.0 Å². The van der Waals surface area contributed by atoms with Crippen LogP contribution in [0.5, 0.6) is 0 Å². The Labute approximate surface area is 117 Å². The Morgan fingerprint density at radius 3 is 2.70 bits per heavy atom. The maximum Gasteiger partial charge on any atom is 0.132 e. The first-order valence-corrected chi connectivity index (χ1v) is 6.57. The molecule has 0 aliphatic heterocycles. The van der Waals surface area contributed by atoms with E-state index in [9.17, 15) is 4.39 Å². The average Bonchev–Trinajstić information content (AvgIpc) is 2.47. The van der Waals surface area contributed by atoms with Crippen LogP contribution < -0.4 is 5.32 Å². The number of hydrogen-bond donors (Lipinski definition) is 1. The second-order valence-electron chi connectivity index (χ2n) is 4.73. The molecule has 0 radical (unpaired) electrons. The Kier molecular flexibility index (Phi) is 3.44. The maximum atomic E-state index is 14.2. The minimum Gasteiger partial charge on any atom is -0.316 e. The number of halogens is 1. The van der Waals surface area contributed by atoms with E-state index >= 15 is 0 Å². The topological polar surface area (TPSA) is 24.9 Å². The van der Waals surface area contributed by atoms with E-state index in [0.29, 0.717) is 17.8 Å². The van der Waals surface area contributed by atoms with Crippen LogP contribution in [0.15, 0.2) is 54.6 Å². The van der Waals surface area contributed by atoms with E-state index < -0.39 is 0 Å². The van der Waals surface area contributed by atoms with E-state index in [1.807, 2.05) is 49.5 Å². The van der Waals surface area contributed by atoms with Gasteiger partial charge in [-0.05, 0) is 36.9 Å². The predicted octanol–water partition coefficient (Wildman–Crippen LogP) is 3.76. The zero-order chi connectivity index (χ0) is 13.9. The fourth-order valence-corrected chi connectivity index (χ4v) is 2.30. The number of fused-ring (bicyclic) bond motifs is 1. The highest BCUT2D eigenvalue weighted by Crippen LogP contribution is 2.24. The second kappa shape index (κ2) is 5.39. The van der Waals surface area contributed by atoms with Gasteiger partial charge in [0.1, 0.15) is 5.82 Å². The van der Waals surface area contributed by atoms with Crippen molar-refractivity contribution in [3.05, 3.63) is 66.0 Å². The highest BCUT2D eigenvalue weighted by Gasteiger charge is 2.08. The average molecular weight is 266 g/mol. The van der Waals surface area contributed by atoms with E-state index in [1.54, 1.807) is 12.1 Å². The van der Waals surface area contributed by atoms with Crippen LogP contribution in [0.1, 0.15) is 5.56 Å². The third-order valence-electron chi connectivity index (χ3n) is 3.29. The van der Waals surface area contributed by atoms with Crippen LogP contribution in [0.2, 0.25) is 0 Å². The summed E-state index contributed by atoms with van der Waals surface area (Å²) in [6, 6.07) is 16.9. The third kappa shape index (κ3) is 2.40. The zero-order valence-electron chi connectivity index (χ0n) is 11.2. The summed E-state index contributed by atoms with van der Waals surface area (Å²) >= 11 is 0. The van der Waals surface area contributed by atoms with Gasteiger partial charge in [0.05, 0.1) is 11.2 Å². The van der Waals surface area contributed by atoms with Crippen LogP contribution in [0.4, 0.5) is 4.39 Å². The van der Waals surface area contributed by atoms with Gasteiger partial charge in [0.25, 0.3) is 0 Å². The Morgan fingerprint density at radius 1 is 1.05 bits per heavy atom. The van der Waals surface area contributed by atoms with Gasteiger partial charge in [0.2, 0.25) is 0 Å². The molecule has 100 valence electrons. The van der Waals surface area contributed by atoms with E-state index in [0.717, 1.165) is 16.5 Å². The molecule has 0 spiro atoms.